The molecule has 0 N–H and O–H groups in total. The van der Waals surface area contributed by atoms with Gasteiger partial charge in [-0.25, -0.2) is 0 Å². The third kappa shape index (κ3) is 4.91. The van der Waals surface area contributed by atoms with E-state index in [-0.39, 0.29) is 11.8 Å². The summed E-state index contributed by atoms with van der Waals surface area (Å²) >= 11 is 0. The predicted octanol–water partition coefficient (Wildman–Crippen LogP) is 2.54. The average molecular weight is 185 g/mol. The molecule has 0 heterocycles. The summed E-state index contributed by atoms with van der Waals surface area (Å²) in [5.74, 6) is 1.10. The number of carbonyl (C=O) groups excluding carboxylic acids is 1. The maximum Gasteiger partial charge on any atom is 0.224 e. The van der Waals surface area contributed by atoms with Gasteiger partial charge in [0, 0.05) is 20.0 Å². The van der Waals surface area contributed by atoms with Crippen molar-refractivity contribution in [2.45, 2.75) is 40.0 Å². The van der Waals surface area contributed by atoms with Crippen molar-refractivity contribution in [2.24, 2.45) is 11.8 Å². The van der Waals surface area contributed by atoms with Crippen molar-refractivity contribution in [3.8, 4) is 0 Å². The van der Waals surface area contributed by atoms with Crippen molar-refractivity contribution in [1.29, 1.82) is 0 Å². The molecule has 0 rings (SSSR count). The van der Waals surface area contributed by atoms with Gasteiger partial charge in [0.25, 0.3) is 0 Å². The molecule has 0 aromatic rings. The highest BCUT2D eigenvalue weighted by atomic mass is 16.2. The third-order valence-corrected chi connectivity index (χ3v) is 2.40. The Balaban J connectivity index is 3.85. The number of hydrogen-bond donors (Lipinski definition) is 0. The minimum Gasteiger partial charge on any atom is -0.349 e. The molecular weight excluding hydrogens is 162 g/mol. The van der Waals surface area contributed by atoms with Crippen LogP contribution in [-0.2, 0) is 4.79 Å². The van der Waals surface area contributed by atoms with Crippen molar-refractivity contribution in [2.75, 3.05) is 14.1 Å². The Morgan fingerprint density at radius 3 is 2.23 bits per heavy atom. The van der Waals surface area contributed by atoms with E-state index in [2.05, 4.69) is 13.8 Å². The second kappa shape index (κ2) is 6.01. The van der Waals surface area contributed by atoms with E-state index in [1.54, 1.807) is 4.90 Å². The summed E-state index contributed by atoms with van der Waals surface area (Å²) in [7, 11) is 3.65. The van der Waals surface area contributed by atoms with Crippen LogP contribution in [0.3, 0.4) is 0 Å². The zero-order chi connectivity index (χ0) is 10.4. The first-order valence-corrected chi connectivity index (χ1v) is 5.20. The highest BCUT2D eigenvalue weighted by molar-refractivity contribution is 5.77. The molecule has 2 heteroatoms. The summed E-state index contributed by atoms with van der Waals surface area (Å²) in [6, 6.07) is 0. The molecular formula is C11H23NO. The summed E-state index contributed by atoms with van der Waals surface area (Å²) < 4.78 is 0. The highest BCUT2D eigenvalue weighted by Gasteiger charge is 2.16. The van der Waals surface area contributed by atoms with Gasteiger partial charge in [0.05, 0.1) is 0 Å². The van der Waals surface area contributed by atoms with Gasteiger partial charge in [-0.3, -0.25) is 4.79 Å². The number of carbonyl (C=O) groups is 1. The summed E-state index contributed by atoms with van der Waals surface area (Å²) in [5, 5.41) is 0. The first-order chi connectivity index (χ1) is 5.99. The molecule has 0 aliphatic heterocycles. The topological polar surface area (TPSA) is 20.3 Å². The van der Waals surface area contributed by atoms with Crippen LogP contribution in [0.25, 0.3) is 0 Å². The van der Waals surface area contributed by atoms with Crippen molar-refractivity contribution in [3.63, 3.8) is 0 Å². The molecule has 2 unspecified atom stereocenters. The summed E-state index contributed by atoms with van der Waals surface area (Å²) in [5.41, 5.74) is 0. The van der Waals surface area contributed by atoms with Crippen LogP contribution in [-0.4, -0.2) is 24.9 Å². The van der Waals surface area contributed by atoms with Crippen LogP contribution in [0.4, 0.5) is 0 Å². The Kier molecular flexibility index (Phi) is 5.76. The van der Waals surface area contributed by atoms with E-state index < -0.39 is 0 Å². The minimum absolute atomic E-state index is 0.177. The molecule has 1 amide bonds. The SMILES string of the molecule is CCCC(C)CC(C)C(=O)N(C)C. The normalized spacial score (nSPS) is 15.2. The van der Waals surface area contributed by atoms with E-state index in [0.717, 1.165) is 6.42 Å². The molecule has 13 heavy (non-hydrogen) atoms. The van der Waals surface area contributed by atoms with Gasteiger partial charge >= 0.3 is 0 Å². The Hall–Kier alpha value is -0.530. The van der Waals surface area contributed by atoms with Gasteiger partial charge in [0.1, 0.15) is 0 Å². The van der Waals surface area contributed by atoms with Crippen molar-refractivity contribution in [1.82, 2.24) is 4.90 Å². The smallest absolute Gasteiger partial charge is 0.224 e. The quantitative estimate of drug-likeness (QED) is 0.644. The Labute approximate surface area is 82.3 Å². The van der Waals surface area contributed by atoms with Crippen LogP contribution in [0.15, 0.2) is 0 Å². The van der Waals surface area contributed by atoms with Crippen LogP contribution in [0.2, 0.25) is 0 Å². The maximum atomic E-state index is 11.5. The van der Waals surface area contributed by atoms with Gasteiger partial charge in [0.15, 0.2) is 0 Å². The first kappa shape index (κ1) is 12.5. The van der Waals surface area contributed by atoms with Crippen LogP contribution >= 0.6 is 0 Å². The average Bonchev–Trinajstić information content (AvgIpc) is 2.03. The molecule has 2 nitrogen and oxygen atoms in total. The van der Waals surface area contributed by atoms with Gasteiger partial charge in [-0.05, 0) is 12.3 Å². The monoisotopic (exact) mass is 185 g/mol. The van der Waals surface area contributed by atoms with Crippen LogP contribution in [0.5, 0.6) is 0 Å². The van der Waals surface area contributed by atoms with E-state index in [0.29, 0.717) is 5.92 Å². The van der Waals surface area contributed by atoms with Crippen LogP contribution in [0.1, 0.15) is 40.0 Å². The number of hydrogen-bond acceptors (Lipinski definition) is 1. The summed E-state index contributed by atoms with van der Waals surface area (Å²) in [4.78, 5) is 13.2. The van der Waals surface area contributed by atoms with Gasteiger partial charge in [0.2, 0.25) is 5.91 Å². The molecule has 0 saturated carbocycles. The molecule has 0 saturated heterocycles. The van der Waals surface area contributed by atoms with E-state index in [1.165, 1.54) is 12.8 Å². The van der Waals surface area contributed by atoms with Gasteiger partial charge in [-0.1, -0.05) is 33.6 Å². The van der Waals surface area contributed by atoms with Crippen molar-refractivity contribution in [3.05, 3.63) is 0 Å². The van der Waals surface area contributed by atoms with Gasteiger partial charge in [-0.2, -0.15) is 0 Å². The second-order valence-electron chi connectivity index (χ2n) is 4.26. The molecule has 0 aromatic heterocycles. The molecule has 78 valence electrons. The largest absolute Gasteiger partial charge is 0.349 e. The number of nitrogens with zero attached hydrogens (tertiary/aromatic N) is 1. The molecule has 0 aliphatic carbocycles. The van der Waals surface area contributed by atoms with Gasteiger partial charge in [-0.15, -0.1) is 0 Å². The maximum absolute atomic E-state index is 11.5. The third-order valence-electron chi connectivity index (χ3n) is 2.40. The summed E-state index contributed by atoms with van der Waals surface area (Å²) in [6.45, 7) is 6.44. The predicted molar refractivity (Wildman–Crippen MR) is 56.5 cm³/mol. The lowest BCUT2D eigenvalue weighted by Gasteiger charge is -2.19. The molecule has 2 atom stereocenters. The fraction of sp³-hybridized carbons (Fsp3) is 0.909. The zero-order valence-corrected chi connectivity index (χ0v) is 9.63. The fourth-order valence-electron chi connectivity index (χ4n) is 1.76. The molecule has 0 aliphatic rings. The Bertz CT molecular complexity index is 154. The lowest BCUT2D eigenvalue weighted by Crippen LogP contribution is -2.28. The van der Waals surface area contributed by atoms with Crippen molar-refractivity contribution >= 4 is 5.91 Å². The van der Waals surface area contributed by atoms with Gasteiger partial charge < -0.3 is 4.90 Å². The van der Waals surface area contributed by atoms with Crippen LogP contribution in [0, 0.1) is 11.8 Å². The molecule has 0 radical (unpaired) electrons. The second-order valence-corrected chi connectivity index (χ2v) is 4.26. The Morgan fingerprint density at radius 2 is 1.85 bits per heavy atom. The fourth-order valence-corrected chi connectivity index (χ4v) is 1.76. The van der Waals surface area contributed by atoms with E-state index in [9.17, 15) is 4.79 Å². The standard InChI is InChI=1S/C11H23NO/c1-6-7-9(2)8-10(3)11(13)12(4)5/h9-10H,6-8H2,1-5H3. The zero-order valence-electron chi connectivity index (χ0n) is 9.63. The molecule has 0 fully saturated rings. The number of amides is 1. The van der Waals surface area contributed by atoms with Crippen molar-refractivity contribution < 1.29 is 4.79 Å². The van der Waals surface area contributed by atoms with E-state index >= 15 is 0 Å². The first-order valence-electron chi connectivity index (χ1n) is 5.20. The van der Waals surface area contributed by atoms with E-state index in [1.807, 2.05) is 21.0 Å². The lowest BCUT2D eigenvalue weighted by molar-refractivity contribution is -0.132. The molecule has 0 spiro atoms. The minimum atomic E-state index is 0.177. The highest BCUT2D eigenvalue weighted by Crippen LogP contribution is 2.17. The lowest BCUT2D eigenvalue weighted by atomic mass is 9.93. The molecule has 0 bridgehead atoms. The Morgan fingerprint density at radius 1 is 1.31 bits per heavy atom. The summed E-state index contributed by atoms with van der Waals surface area (Å²) in [6.07, 6.45) is 3.46. The van der Waals surface area contributed by atoms with E-state index in [4.69, 9.17) is 0 Å². The van der Waals surface area contributed by atoms with Crippen LogP contribution < -0.4 is 0 Å². The number of rotatable bonds is 5. The molecule has 0 aromatic carbocycles.